The quantitative estimate of drug-likeness (QED) is 0.709. The number of pyridine rings is 1. The van der Waals surface area contributed by atoms with Crippen LogP contribution in [0.3, 0.4) is 0 Å². The van der Waals surface area contributed by atoms with Crippen LogP contribution in [0.25, 0.3) is 0 Å². The minimum atomic E-state index is -0.140. The molecule has 0 unspecified atom stereocenters. The van der Waals surface area contributed by atoms with Crippen molar-refractivity contribution in [3.8, 4) is 11.5 Å². The number of aromatic nitrogens is 1. The van der Waals surface area contributed by atoms with Gasteiger partial charge < -0.3 is 15.0 Å². The molecular weight excluding hydrogens is 334 g/mol. The van der Waals surface area contributed by atoms with Gasteiger partial charge in [-0.3, -0.25) is 4.98 Å². The maximum Gasteiger partial charge on any atom is 0.321 e. The summed E-state index contributed by atoms with van der Waals surface area (Å²) in [5.74, 6) is 1.44. The Bertz CT molecular complexity index is 835. The fourth-order valence-electron chi connectivity index (χ4n) is 2.30. The third-order valence-electron chi connectivity index (χ3n) is 3.64. The molecule has 1 N–H and O–H groups in total. The van der Waals surface area contributed by atoms with Gasteiger partial charge in [0.05, 0.1) is 6.54 Å². The lowest BCUT2D eigenvalue weighted by Crippen LogP contribution is -2.30. The predicted molar refractivity (Wildman–Crippen MR) is 100 cm³/mol. The smallest absolute Gasteiger partial charge is 0.321 e. The number of carbonyl (C=O) groups is 1. The van der Waals surface area contributed by atoms with Crippen LogP contribution in [-0.2, 0) is 6.54 Å². The average molecular weight is 353 g/mol. The fourth-order valence-corrected chi connectivity index (χ4v) is 3.06. The zero-order valence-electron chi connectivity index (χ0n) is 14.1. The second kappa shape index (κ2) is 7.81. The number of benzene rings is 1. The van der Waals surface area contributed by atoms with Gasteiger partial charge in [-0.25, -0.2) is 4.79 Å². The Labute approximate surface area is 150 Å². The largest absolute Gasteiger partial charge is 0.457 e. The number of carbonyl (C=O) groups excluding carboxylic acids is 1. The second-order valence-corrected chi connectivity index (χ2v) is 6.66. The molecule has 0 aliphatic heterocycles. The summed E-state index contributed by atoms with van der Waals surface area (Å²) >= 11 is 1.64. The van der Waals surface area contributed by atoms with Crippen LogP contribution in [0.5, 0.6) is 11.5 Å². The monoisotopic (exact) mass is 353 g/mol. The first-order valence-corrected chi connectivity index (χ1v) is 8.73. The summed E-state index contributed by atoms with van der Waals surface area (Å²) < 4.78 is 5.77. The highest BCUT2D eigenvalue weighted by molar-refractivity contribution is 7.09. The van der Waals surface area contributed by atoms with Gasteiger partial charge in [0, 0.05) is 30.0 Å². The molecule has 2 aromatic heterocycles. The van der Waals surface area contributed by atoms with Crippen LogP contribution in [0, 0.1) is 6.92 Å². The van der Waals surface area contributed by atoms with Gasteiger partial charge in [-0.1, -0.05) is 6.07 Å². The Morgan fingerprint density at radius 1 is 1.20 bits per heavy atom. The van der Waals surface area contributed by atoms with Gasteiger partial charge in [-0.15, -0.1) is 11.3 Å². The van der Waals surface area contributed by atoms with Gasteiger partial charge in [0.1, 0.15) is 11.5 Å². The summed E-state index contributed by atoms with van der Waals surface area (Å²) in [5.41, 5.74) is 1.70. The molecule has 2 heterocycles. The van der Waals surface area contributed by atoms with Crippen molar-refractivity contribution in [2.45, 2.75) is 13.5 Å². The van der Waals surface area contributed by atoms with Crippen molar-refractivity contribution in [1.82, 2.24) is 9.88 Å². The van der Waals surface area contributed by atoms with E-state index >= 15 is 0 Å². The number of rotatable bonds is 5. The molecule has 0 saturated heterocycles. The van der Waals surface area contributed by atoms with Gasteiger partial charge in [-0.2, -0.15) is 0 Å². The highest BCUT2D eigenvalue weighted by Crippen LogP contribution is 2.26. The van der Waals surface area contributed by atoms with Crippen LogP contribution in [0.2, 0.25) is 0 Å². The first kappa shape index (κ1) is 17.0. The number of aryl methyl sites for hydroxylation is 1. The molecule has 128 valence electrons. The molecule has 0 radical (unpaired) electrons. The van der Waals surface area contributed by atoms with E-state index in [4.69, 9.17) is 4.74 Å². The maximum absolute atomic E-state index is 12.3. The number of hydrogen-bond acceptors (Lipinski definition) is 4. The average Bonchev–Trinajstić information content (AvgIpc) is 3.11. The zero-order valence-corrected chi connectivity index (χ0v) is 14.9. The fraction of sp³-hybridized carbons (Fsp3) is 0.158. The summed E-state index contributed by atoms with van der Waals surface area (Å²) in [5, 5.41) is 4.95. The lowest BCUT2D eigenvalue weighted by Gasteiger charge is -2.18. The Kier molecular flexibility index (Phi) is 5.30. The summed E-state index contributed by atoms with van der Waals surface area (Å²) in [6.45, 7) is 2.53. The molecule has 0 atom stereocenters. The molecule has 0 bridgehead atoms. The van der Waals surface area contributed by atoms with Crippen LogP contribution in [0.1, 0.15) is 10.4 Å². The van der Waals surface area contributed by atoms with Gasteiger partial charge in [0.2, 0.25) is 0 Å². The summed E-state index contributed by atoms with van der Waals surface area (Å²) in [6, 6.07) is 13.0. The van der Waals surface area contributed by atoms with Gasteiger partial charge in [0.15, 0.2) is 0 Å². The lowest BCUT2D eigenvalue weighted by molar-refractivity contribution is 0.221. The molecule has 0 spiro atoms. The highest BCUT2D eigenvalue weighted by Gasteiger charge is 2.11. The number of ether oxygens (including phenoxy) is 1. The van der Waals surface area contributed by atoms with Crippen molar-refractivity contribution >= 4 is 23.1 Å². The van der Waals surface area contributed by atoms with Gasteiger partial charge >= 0.3 is 6.03 Å². The zero-order chi connectivity index (χ0) is 17.6. The summed E-state index contributed by atoms with van der Waals surface area (Å²) in [7, 11) is 1.78. The Morgan fingerprint density at radius 3 is 2.68 bits per heavy atom. The summed E-state index contributed by atoms with van der Waals surface area (Å²) in [4.78, 5) is 19.1. The van der Waals surface area contributed by atoms with E-state index in [1.165, 1.54) is 0 Å². The minimum absolute atomic E-state index is 0.140. The van der Waals surface area contributed by atoms with Gasteiger partial charge in [0.25, 0.3) is 0 Å². The van der Waals surface area contributed by atoms with E-state index in [-0.39, 0.29) is 6.03 Å². The molecule has 0 aliphatic carbocycles. The number of nitrogens with one attached hydrogen (secondary N) is 1. The summed E-state index contributed by atoms with van der Waals surface area (Å²) in [6.07, 6.45) is 3.36. The van der Waals surface area contributed by atoms with E-state index in [0.29, 0.717) is 12.3 Å². The molecular formula is C19H19N3O2S. The Balaban J connectivity index is 1.63. The van der Waals surface area contributed by atoms with Crippen LogP contribution in [0.15, 0.2) is 60.2 Å². The molecule has 3 rings (SSSR count). The van der Waals surface area contributed by atoms with Crippen molar-refractivity contribution in [2.75, 3.05) is 12.4 Å². The molecule has 3 aromatic rings. The SMILES string of the molecule is Cc1cc(Oc2ccncc2)ccc1NC(=O)N(C)Cc1cccs1. The van der Waals surface area contributed by atoms with Crippen LogP contribution < -0.4 is 10.1 Å². The van der Waals surface area contributed by atoms with E-state index < -0.39 is 0 Å². The van der Waals surface area contributed by atoms with Crippen molar-refractivity contribution in [3.63, 3.8) is 0 Å². The van der Waals surface area contributed by atoms with E-state index in [1.807, 2.05) is 42.6 Å². The molecule has 0 saturated carbocycles. The number of urea groups is 1. The number of amides is 2. The standard InChI is InChI=1S/C19H19N3O2S/c1-14-12-16(24-15-7-9-20-10-8-15)5-6-18(14)21-19(23)22(2)13-17-4-3-11-25-17/h3-12H,13H2,1-2H3,(H,21,23). The maximum atomic E-state index is 12.3. The van der Waals surface area contributed by atoms with Crippen LogP contribution in [0.4, 0.5) is 10.5 Å². The molecule has 0 aliphatic rings. The van der Waals surface area contributed by atoms with E-state index in [9.17, 15) is 4.79 Å². The van der Waals surface area contributed by atoms with Crippen molar-refractivity contribution in [3.05, 3.63) is 70.7 Å². The first-order chi connectivity index (χ1) is 12.1. The minimum Gasteiger partial charge on any atom is -0.457 e. The van der Waals surface area contributed by atoms with Crippen molar-refractivity contribution < 1.29 is 9.53 Å². The normalized spacial score (nSPS) is 10.3. The van der Waals surface area contributed by atoms with E-state index in [0.717, 1.165) is 21.9 Å². The van der Waals surface area contributed by atoms with Crippen LogP contribution in [-0.4, -0.2) is 23.0 Å². The third-order valence-corrected chi connectivity index (χ3v) is 4.51. The highest BCUT2D eigenvalue weighted by atomic mass is 32.1. The van der Waals surface area contributed by atoms with Crippen molar-refractivity contribution in [1.29, 1.82) is 0 Å². The molecule has 5 nitrogen and oxygen atoms in total. The first-order valence-electron chi connectivity index (χ1n) is 7.85. The van der Waals surface area contributed by atoms with Crippen LogP contribution >= 0.6 is 11.3 Å². The lowest BCUT2D eigenvalue weighted by atomic mass is 10.2. The number of anilines is 1. The second-order valence-electron chi connectivity index (χ2n) is 5.63. The topological polar surface area (TPSA) is 54.5 Å². The Morgan fingerprint density at radius 2 is 2.00 bits per heavy atom. The van der Waals surface area contributed by atoms with Crippen molar-refractivity contribution in [2.24, 2.45) is 0 Å². The van der Waals surface area contributed by atoms with Gasteiger partial charge in [-0.05, 0) is 54.3 Å². The number of thiophene rings is 1. The molecule has 25 heavy (non-hydrogen) atoms. The Hall–Kier alpha value is -2.86. The molecule has 2 amide bonds. The van der Waals surface area contributed by atoms with E-state index in [1.54, 1.807) is 47.8 Å². The molecule has 1 aromatic carbocycles. The predicted octanol–water partition coefficient (Wildman–Crippen LogP) is 4.91. The molecule has 0 fully saturated rings. The number of nitrogens with zero attached hydrogens (tertiary/aromatic N) is 2. The molecule has 6 heteroatoms. The number of hydrogen-bond donors (Lipinski definition) is 1. The van der Waals surface area contributed by atoms with E-state index in [2.05, 4.69) is 10.3 Å². The third kappa shape index (κ3) is 4.58.